The highest BCUT2D eigenvalue weighted by molar-refractivity contribution is 14.0. The van der Waals surface area contributed by atoms with E-state index in [1.807, 2.05) is 12.1 Å². The third kappa shape index (κ3) is 5.74. The number of nitrogens with zero attached hydrogens (tertiary/aromatic N) is 3. The number of aliphatic imine (C=N–C) groups is 1. The van der Waals surface area contributed by atoms with Crippen molar-refractivity contribution in [3.8, 4) is 5.75 Å². The van der Waals surface area contributed by atoms with E-state index in [0.717, 1.165) is 37.4 Å². The van der Waals surface area contributed by atoms with Crippen LogP contribution in [0, 0.1) is 5.92 Å². The van der Waals surface area contributed by atoms with Crippen molar-refractivity contribution in [2.75, 3.05) is 40.3 Å². The van der Waals surface area contributed by atoms with Gasteiger partial charge in [0.2, 0.25) is 0 Å². The Hall–Kier alpha value is -1.02. The van der Waals surface area contributed by atoms with Crippen molar-refractivity contribution >= 4 is 29.9 Å². The van der Waals surface area contributed by atoms with E-state index in [4.69, 9.17) is 9.73 Å². The fourth-order valence-corrected chi connectivity index (χ4v) is 3.63. The van der Waals surface area contributed by atoms with Gasteiger partial charge < -0.3 is 19.9 Å². The molecule has 2 aliphatic rings. The van der Waals surface area contributed by atoms with Crippen LogP contribution in [0.4, 0.5) is 0 Å². The molecule has 1 atom stereocenters. The molecule has 1 N–H and O–H groups in total. The summed E-state index contributed by atoms with van der Waals surface area (Å²) >= 11 is 0. The van der Waals surface area contributed by atoms with Crippen molar-refractivity contribution in [2.24, 2.45) is 10.9 Å². The lowest BCUT2D eigenvalue weighted by atomic mass is 10.1. The highest BCUT2D eigenvalue weighted by Gasteiger charge is 2.34. The van der Waals surface area contributed by atoms with Crippen LogP contribution in [0.3, 0.4) is 0 Å². The molecule has 1 unspecified atom stereocenters. The summed E-state index contributed by atoms with van der Waals surface area (Å²) in [7, 11) is 3.82. The van der Waals surface area contributed by atoms with Gasteiger partial charge in [-0.05, 0) is 44.7 Å². The smallest absolute Gasteiger partial charge is 0.193 e. The maximum atomic E-state index is 5.47. The number of nitrogens with one attached hydrogen (secondary N) is 1. The van der Waals surface area contributed by atoms with Gasteiger partial charge in [0.25, 0.3) is 0 Å². The van der Waals surface area contributed by atoms with Crippen LogP contribution in [0.25, 0.3) is 0 Å². The minimum Gasteiger partial charge on any atom is -0.496 e. The second-order valence-electron chi connectivity index (χ2n) is 7.24. The first kappa shape index (κ1) is 21.3. The molecule has 1 saturated heterocycles. The third-order valence-electron chi connectivity index (χ3n) is 5.18. The van der Waals surface area contributed by atoms with Crippen LogP contribution in [-0.2, 0) is 6.54 Å². The van der Waals surface area contributed by atoms with Crippen LogP contribution in [-0.4, -0.2) is 62.1 Å². The molecule has 3 rings (SSSR count). The van der Waals surface area contributed by atoms with Gasteiger partial charge in [0.15, 0.2) is 5.96 Å². The van der Waals surface area contributed by atoms with Crippen molar-refractivity contribution in [3.05, 3.63) is 29.8 Å². The molecular weight excluding hydrogens is 439 g/mol. The predicted molar refractivity (Wildman–Crippen MR) is 119 cm³/mol. The van der Waals surface area contributed by atoms with Crippen molar-refractivity contribution in [1.82, 2.24) is 15.1 Å². The molecule has 1 saturated carbocycles. The Labute approximate surface area is 175 Å². The van der Waals surface area contributed by atoms with E-state index >= 15 is 0 Å². The van der Waals surface area contributed by atoms with Gasteiger partial charge >= 0.3 is 0 Å². The molecule has 0 amide bonds. The Balaban J connectivity index is 0.00000243. The Kier molecular flexibility index (Phi) is 8.47. The second kappa shape index (κ2) is 10.3. The third-order valence-corrected chi connectivity index (χ3v) is 5.18. The number of hydrogen-bond acceptors (Lipinski definition) is 3. The molecule has 1 aromatic carbocycles. The number of hydrogen-bond donors (Lipinski definition) is 1. The van der Waals surface area contributed by atoms with Crippen LogP contribution in [0.1, 0.15) is 31.7 Å². The summed E-state index contributed by atoms with van der Waals surface area (Å²) in [4.78, 5) is 9.77. The number of para-hydroxylation sites is 1. The maximum absolute atomic E-state index is 5.47. The Morgan fingerprint density at radius 3 is 2.77 bits per heavy atom. The van der Waals surface area contributed by atoms with E-state index < -0.39 is 0 Å². The van der Waals surface area contributed by atoms with E-state index in [0.29, 0.717) is 5.92 Å². The van der Waals surface area contributed by atoms with Crippen molar-refractivity contribution < 1.29 is 4.74 Å². The fourth-order valence-electron chi connectivity index (χ4n) is 3.63. The number of likely N-dealkylation sites (tertiary alicyclic amines) is 1. The molecule has 1 aliphatic carbocycles. The largest absolute Gasteiger partial charge is 0.496 e. The second-order valence-corrected chi connectivity index (χ2v) is 7.24. The van der Waals surface area contributed by atoms with E-state index in [1.54, 1.807) is 7.11 Å². The lowest BCUT2D eigenvalue weighted by Gasteiger charge is -2.23. The number of ether oxygens (including phenoxy) is 1. The van der Waals surface area contributed by atoms with Gasteiger partial charge in [-0.15, -0.1) is 24.0 Å². The van der Waals surface area contributed by atoms with Crippen LogP contribution in [0.5, 0.6) is 5.75 Å². The summed E-state index contributed by atoms with van der Waals surface area (Å²) < 4.78 is 5.47. The van der Waals surface area contributed by atoms with Crippen LogP contribution in [0.15, 0.2) is 29.3 Å². The van der Waals surface area contributed by atoms with Gasteiger partial charge in [-0.2, -0.15) is 0 Å². The topological polar surface area (TPSA) is 40.1 Å². The Morgan fingerprint density at radius 2 is 2.08 bits per heavy atom. The van der Waals surface area contributed by atoms with Crippen molar-refractivity contribution in [2.45, 2.75) is 38.8 Å². The number of halogens is 1. The zero-order chi connectivity index (χ0) is 17.6. The minimum absolute atomic E-state index is 0. The van der Waals surface area contributed by atoms with E-state index in [1.165, 1.54) is 37.9 Å². The van der Waals surface area contributed by atoms with Crippen LogP contribution in [0.2, 0.25) is 0 Å². The van der Waals surface area contributed by atoms with Gasteiger partial charge in [0, 0.05) is 44.8 Å². The molecule has 1 aliphatic heterocycles. The quantitative estimate of drug-likeness (QED) is 0.376. The van der Waals surface area contributed by atoms with E-state index in [2.05, 4.69) is 41.2 Å². The van der Waals surface area contributed by atoms with Gasteiger partial charge in [-0.25, -0.2) is 0 Å². The summed E-state index contributed by atoms with van der Waals surface area (Å²) in [6, 6.07) is 9.07. The highest BCUT2D eigenvalue weighted by Crippen LogP contribution is 2.31. The number of rotatable bonds is 7. The number of benzene rings is 1. The molecule has 0 bridgehead atoms. The first-order valence-electron chi connectivity index (χ1n) is 9.56. The zero-order valence-electron chi connectivity index (χ0n) is 16.3. The average molecular weight is 472 g/mol. The molecule has 0 radical (unpaired) electrons. The fraction of sp³-hybridized carbons (Fsp3) is 0.650. The van der Waals surface area contributed by atoms with Crippen LogP contribution < -0.4 is 10.1 Å². The summed E-state index contributed by atoms with van der Waals surface area (Å²) in [6.45, 7) is 7.20. The number of guanidine groups is 1. The maximum Gasteiger partial charge on any atom is 0.193 e. The van der Waals surface area contributed by atoms with Crippen molar-refractivity contribution in [1.29, 1.82) is 0 Å². The minimum atomic E-state index is 0. The standard InChI is InChI=1S/C20H32N4O.HI/c1-4-21-20(22-13-16-11-12-24(14-16)18-9-10-18)23(2)15-17-7-5-6-8-19(17)25-3;/h5-8,16,18H,4,9-15H2,1-3H3,(H,21,22);1H. The van der Waals surface area contributed by atoms with Gasteiger partial charge in [0.05, 0.1) is 7.11 Å². The first-order chi connectivity index (χ1) is 12.2. The first-order valence-corrected chi connectivity index (χ1v) is 9.56. The molecule has 2 fully saturated rings. The Morgan fingerprint density at radius 1 is 1.31 bits per heavy atom. The van der Waals surface area contributed by atoms with Gasteiger partial charge in [0.1, 0.15) is 5.75 Å². The summed E-state index contributed by atoms with van der Waals surface area (Å²) in [5.41, 5.74) is 1.18. The van der Waals surface area contributed by atoms with E-state index in [-0.39, 0.29) is 24.0 Å². The summed E-state index contributed by atoms with van der Waals surface area (Å²) in [5.74, 6) is 2.62. The lowest BCUT2D eigenvalue weighted by Crippen LogP contribution is -2.39. The molecule has 5 nitrogen and oxygen atoms in total. The molecule has 146 valence electrons. The van der Waals surface area contributed by atoms with Crippen molar-refractivity contribution in [3.63, 3.8) is 0 Å². The summed E-state index contributed by atoms with van der Waals surface area (Å²) in [5, 5.41) is 3.43. The molecule has 6 heteroatoms. The molecule has 0 aromatic heterocycles. The van der Waals surface area contributed by atoms with Gasteiger partial charge in [-0.3, -0.25) is 4.99 Å². The SMILES string of the molecule is CCNC(=NCC1CCN(C2CC2)C1)N(C)Cc1ccccc1OC.I. The molecule has 0 spiro atoms. The zero-order valence-corrected chi connectivity index (χ0v) is 18.6. The normalized spacial score (nSPS) is 20.6. The molecule has 1 aromatic rings. The van der Waals surface area contributed by atoms with Gasteiger partial charge in [-0.1, -0.05) is 18.2 Å². The van der Waals surface area contributed by atoms with E-state index in [9.17, 15) is 0 Å². The van der Waals surface area contributed by atoms with Crippen LogP contribution >= 0.6 is 24.0 Å². The molecular formula is C20H33IN4O. The number of methoxy groups -OCH3 is 1. The average Bonchev–Trinajstić information content (AvgIpc) is 3.37. The lowest BCUT2D eigenvalue weighted by molar-refractivity contribution is 0.315. The summed E-state index contributed by atoms with van der Waals surface area (Å²) in [6.07, 6.45) is 4.09. The predicted octanol–water partition coefficient (Wildman–Crippen LogP) is 3.19. The molecule has 1 heterocycles. The monoisotopic (exact) mass is 472 g/mol. The highest BCUT2D eigenvalue weighted by atomic mass is 127. The molecule has 26 heavy (non-hydrogen) atoms. The Bertz CT molecular complexity index is 591.